The molecular weight excluding hydrogens is 326 g/mol. The minimum atomic E-state index is -1.03. The van der Waals surface area contributed by atoms with Gasteiger partial charge in [-0.2, -0.15) is 0 Å². The number of nitrogens with zero attached hydrogens (tertiary/aromatic N) is 1. The number of fused-ring (bicyclic) bond motifs is 1. The fourth-order valence-corrected chi connectivity index (χ4v) is 2.52. The van der Waals surface area contributed by atoms with Crippen molar-refractivity contribution in [2.24, 2.45) is 0 Å². The van der Waals surface area contributed by atoms with Crippen molar-refractivity contribution in [2.75, 3.05) is 7.05 Å². The normalized spacial score (nSPS) is 12.3. The van der Waals surface area contributed by atoms with Crippen LogP contribution in [-0.2, 0) is 4.79 Å². The highest BCUT2D eigenvalue weighted by Crippen LogP contribution is 2.27. The van der Waals surface area contributed by atoms with Gasteiger partial charge in [0, 0.05) is 12.4 Å². The molecule has 20 heavy (non-hydrogen) atoms. The molecule has 6 heteroatoms. The van der Waals surface area contributed by atoms with E-state index in [0.29, 0.717) is 12.0 Å². The van der Waals surface area contributed by atoms with E-state index >= 15 is 0 Å². The second-order valence-electron chi connectivity index (χ2n) is 4.45. The van der Waals surface area contributed by atoms with Gasteiger partial charge in [0.15, 0.2) is 5.76 Å². The minimum absolute atomic E-state index is 0.133. The van der Waals surface area contributed by atoms with Gasteiger partial charge < -0.3 is 14.4 Å². The molecule has 1 aromatic heterocycles. The number of carbonyl (C=O) groups is 2. The lowest BCUT2D eigenvalue weighted by Gasteiger charge is -2.22. The zero-order valence-electron chi connectivity index (χ0n) is 11.1. The number of carboxylic acid groups (broad SMARTS) is 1. The summed E-state index contributed by atoms with van der Waals surface area (Å²) in [6.45, 7) is 1.72. The van der Waals surface area contributed by atoms with Gasteiger partial charge >= 0.3 is 5.97 Å². The lowest BCUT2D eigenvalue weighted by molar-refractivity contribution is -0.142. The van der Waals surface area contributed by atoms with Gasteiger partial charge in [0.2, 0.25) is 0 Å². The van der Waals surface area contributed by atoms with Gasteiger partial charge in [-0.05, 0) is 34.5 Å². The fraction of sp³-hybridized carbons (Fsp3) is 0.286. The second kappa shape index (κ2) is 5.66. The van der Waals surface area contributed by atoms with E-state index in [9.17, 15) is 9.59 Å². The molecule has 1 heterocycles. The molecule has 0 saturated heterocycles. The van der Waals surface area contributed by atoms with Crippen LogP contribution < -0.4 is 0 Å². The third-order valence-electron chi connectivity index (χ3n) is 3.17. The van der Waals surface area contributed by atoms with Gasteiger partial charge in [-0.1, -0.05) is 19.1 Å². The number of carbonyl (C=O) groups excluding carboxylic acids is 1. The Hall–Kier alpha value is -1.82. The van der Waals surface area contributed by atoms with E-state index in [0.717, 1.165) is 9.86 Å². The molecule has 0 aliphatic heterocycles. The molecule has 0 spiro atoms. The van der Waals surface area contributed by atoms with E-state index in [-0.39, 0.29) is 5.76 Å². The van der Waals surface area contributed by atoms with Crippen LogP contribution in [0.3, 0.4) is 0 Å². The van der Waals surface area contributed by atoms with Crippen LogP contribution in [0.1, 0.15) is 23.9 Å². The maximum Gasteiger partial charge on any atom is 0.326 e. The lowest BCUT2D eigenvalue weighted by atomic mass is 10.2. The molecule has 1 aromatic carbocycles. The van der Waals surface area contributed by atoms with Gasteiger partial charge in [-0.25, -0.2) is 4.79 Å². The molecule has 0 fully saturated rings. The number of aliphatic carboxylic acids is 1. The summed E-state index contributed by atoms with van der Waals surface area (Å²) in [7, 11) is 1.47. The van der Waals surface area contributed by atoms with Gasteiger partial charge in [0.05, 0.1) is 4.47 Å². The Morgan fingerprint density at radius 3 is 2.70 bits per heavy atom. The van der Waals surface area contributed by atoms with Crippen molar-refractivity contribution in [3.63, 3.8) is 0 Å². The number of benzene rings is 1. The Morgan fingerprint density at radius 1 is 1.45 bits per heavy atom. The third kappa shape index (κ3) is 2.56. The molecule has 0 aliphatic rings. The maximum atomic E-state index is 12.3. The zero-order valence-corrected chi connectivity index (χ0v) is 12.7. The van der Waals surface area contributed by atoms with Crippen molar-refractivity contribution in [1.82, 2.24) is 4.90 Å². The first-order valence-electron chi connectivity index (χ1n) is 6.13. The summed E-state index contributed by atoms with van der Waals surface area (Å²) in [4.78, 5) is 24.6. The Bertz CT molecular complexity index is 664. The molecule has 0 saturated carbocycles. The summed E-state index contributed by atoms with van der Waals surface area (Å²) in [5, 5.41) is 9.88. The number of hydrogen-bond acceptors (Lipinski definition) is 3. The van der Waals surface area contributed by atoms with Gasteiger partial charge in [0.25, 0.3) is 5.91 Å². The number of amides is 1. The van der Waals surface area contributed by atoms with E-state index in [1.165, 1.54) is 11.9 Å². The predicted octanol–water partition coefficient (Wildman–Crippen LogP) is 3.13. The van der Waals surface area contributed by atoms with Crippen molar-refractivity contribution in [3.05, 3.63) is 34.5 Å². The van der Waals surface area contributed by atoms with E-state index in [2.05, 4.69) is 15.9 Å². The molecule has 1 unspecified atom stereocenters. The van der Waals surface area contributed by atoms with Crippen molar-refractivity contribution >= 4 is 38.8 Å². The molecule has 106 valence electrons. The number of furan rings is 1. The summed E-state index contributed by atoms with van der Waals surface area (Å²) in [5.41, 5.74) is 0.577. The molecule has 2 aromatic rings. The summed E-state index contributed by atoms with van der Waals surface area (Å²) in [6, 6.07) is 6.24. The maximum absolute atomic E-state index is 12.3. The number of para-hydroxylation sites is 1. The molecule has 0 radical (unpaired) electrons. The summed E-state index contributed by atoms with van der Waals surface area (Å²) in [6.07, 6.45) is 0.335. The van der Waals surface area contributed by atoms with E-state index in [1.54, 1.807) is 13.0 Å². The quantitative estimate of drug-likeness (QED) is 0.928. The highest BCUT2D eigenvalue weighted by Gasteiger charge is 2.27. The Kier molecular flexibility index (Phi) is 4.13. The molecule has 5 nitrogen and oxygen atoms in total. The number of carboxylic acids is 1. The molecular formula is C14H14BrNO4. The highest BCUT2D eigenvalue weighted by molar-refractivity contribution is 9.10. The molecule has 0 bridgehead atoms. The summed E-state index contributed by atoms with van der Waals surface area (Å²) in [5.74, 6) is -1.34. The van der Waals surface area contributed by atoms with Crippen molar-refractivity contribution in [1.29, 1.82) is 0 Å². The zero-order chi connectivity index (χ0) is 14.9. The molecule has 1 amide bonds. The minimum Gasteiger partial charge on any atom is -0.480 e. The number of rotatable bonds is 4. The standard InChI is InChI=1S/C14H14BrNO4/c1-3-10(14(18)19)16(2)13(17)11-7-8-5-4-6-9(15)12(8)20-11/h4-7,10H,3H2,1-2H3,(H,18,19). The molecule has 1 atom stereocenters. The van der Waals surface area contributed by atoms with Crippen molar-refractivity contribution < 1.29 is 19.1 Å². The summed E-state index contributed by atoms with van der Waals surface area (Å²) >= 11 is 3.35. The topological polar surface area (TPSA) is 70.8 Å². The Morgan fingerprint density at radius 2 is 2.15 bits per heavy atom. The van der Waals surface area contributed by atoms with Crippen LogP contribution in [0, 0.1) is 0 Å². The third-order valence-corrected chi connectivity index (χ3v) is 3.79. The van der Waals surface area contributed by atoms with Crippen LogP contribution in [-0.4, -0.2) is 35.0 Å². The van der Waals surface area contributed by atoms with Crippen molar-refractivity contribution in [2.45, 2.75) is 19.4 Å². The van der Waals surface area contributed by atoms with E-state index < -0.39 is 17.9 Å². The van der Waals surface area contributed by atoms with Gasteiger partial charge in [0.1, 0.15) is 11.6 Å². The van der Waals surface area contributed by atoms with Crippen LogP contribution in [0.25, 0.3) is 11.0 Å². The first-order chi connectivity index (χ1) is 9.45. The first-order valence-corrected chi connectivity index (χ1v) is 6.93. The predicted molar refractivity (Wildman–Crippen MR) is 77.7 cm³/mol. The van der Waals surface area contributed by atoms with Crippen LogP contribution in [0.5, 0.6) is 0 Å². The van der Waals surface area contributed by atoms with Crippen LogP contribution in [0.2, 0.25) is 0 Å². The lowest BCUT2D eigenvalue weighted by Crippen LogP contribution is -2.41. The van der Waals surface area contributed by atoms with Crippen LogP contribution in [0.15, 0.2) is 33.2 Å². The molecule has 1 N–H and O–H groups in total. The van der Waals surface area contributed by atoms with E-state index in [4.69, 9.17) is 9.52 Å². The summed E-state index contributed by atoms with van der Waals surface area (Å²) < 4.78 is 6.28. The average Bonchev–Trinajstić information content (AvgIpc) is 2.83. The van der Waals surface area contributed by atoms with Crippen LogP contribution >= 0.6 is 15.9 Å². The Labute approximate surface area is 124 Å². The van der Waals surface area contributed by atoms with E-state index in [1.807, 2.05) is 18.2 Å². The number of hydrogen-bond donors (Lipinski definition) is 1. The average molecular weight is 340 g/mol. The second-order valence-corrected chi connectivity index (χ2v) is 5.30. The van der Waals surface area contributed by atoms with Gasteiger partial charge in [-0.15, -0.1) is 0 Å². The van der Waals surface area contributed by atoms with Gasteiger partial charge in [-0.3, -0.25) is 4.79 Å². The number of likely N-dealkylation sites (N-methyl/N-ethyl adjacent to an activating group) is 1. The smallest absolute Gasteiger partial charge is 0.326 e. The monoisotopic (exact) mass is 339 g/mol. The molecule has 0 aliphatic carbocycles. The van der Waals surface area contributed by atoms with Crippen LogP contribution in [0.4, 0.5) is 0 Å². The Balaban J connectivity index is 2.36. The number of halogens is 1. The largest absolute Gasteiger partial charge is 0.480 e. The SMILES string of the molecule is CCC(C(=O)O)N(C)C(=O)c1cc2cccc(Br)c2o1. The fourth-order valence-electron chi connectivity index (χ4n) is 2.06. The first kappa shape index (κ1) is 14.6. The molecule has 2 rings (SSSR count). The highest BCUT2D eigenvalue weighted by atomic mass is 79.9. The van der Waals surface area contributed by atoms with Crippen molar-refractivity contribution in [3.8, 4) is 0 Å².